The number of nitrogens with two attached hydrogens (primary N) is 1. The molecule has 6 heteroatoms. The minimum Gasteiger partial charge on any atom is -0.478 e. The summed E-state index contributed by atoms with van der Waals surface area (Å²) in [5.41, 5.74) is 5.78. The maximum Gasteiger partial charge on any atom is 0.258 e. The Hall–Kier alpha value is -1.69. The molecule has 112 valence electrons. The van der Waals surface area contributed by atoms with E-state index < -0.39 is 29.9 Å². The molecule has 0 bridgehead atoms. The van der Waals surface area contributed by atoms with E-state index in [4.69, 9.17) is 10.5 Å². The molecule has 1 unspecified atom stereocenters. The third-order valence-corrected chi connectivity index (χ3v) is 2.86. The van der Waals surface area contributed by atoms with Crippen molar-refractivity contribution in [3.05, 3.63) is 29.3 Å². The van der Waals surface area contributed by atoms with Crippen LogP contribution in [-0.4, -0.2) is 25.1 Å². The van der Waals surface area contributed by atoms with Gasteiger partial charge < -0.3 is 15.8 Å². The standard InChI is InChI=1S/C14H20F2N2O2/c1-3-9(2)18-13(19)8-20-14-11(15)6-10(4-5-17)7-12(14)16/h6-7,9H,3-5,8,17H2,1-2H3,(H,18,19). The summed E-state index contributed by atoms with van der Waals surface area (Å²) >= 11 is 0. The van der Waals surface area contributed by atoms with E-state index in [1.54, 1.807) is 0 Å². The van der Waals surface area contributed by atoms with Crippen LogP contribution in [0.15, 0.2) is 12.1 Å². The summed E-state index contributed by atoms with van der Waals surface area (Å²) in [5.74, 6) is -2.61. The Bertz CT molecular complexity index is 443. The van der Waals surface area contributed by atoms with Crippen LogP contribution in [0.3, 0.4) is 0 Å². The summed E-state index contributed by atoms with van der Waals surface area (Å²) in [4.78, 5) is 11.5. The zero-order chi connectivity index (χ0) is 15.1. The SMILES string of the molecule is CCC(C)NC(=O)COc1c(F)cc(CCN)cc1F. The van der Waals surface area contributed by atoms with Gasteiger partial charge in [0.15, 0.2) is 24.0 Å². The van der Waals surface area contributed by atoms with Crippen molar-refractivity contribution in [2.75, 3.05) is 13.2 Å². The molecule has 1 aromatic carbocycles. The van der Waals surface area contributed by atoms with Crippen molar-refractivity contribution >= 4 is 5.91 Å². The largest absolute Gasteiger partial charge is 0.478 e. The molecular weight excluding hydrogens is 266 g/mol. The fourth-order valence-electron chi connectivity index (χ4n) is 1.62. The van der Waals surface area contributed by atoms with Gasteiger partial charge in [0, 0.05) is 6.04 Å². The molecule has 1 atom stereocenters. The van der Waals surface area contributed by atoms with Gasteiger partial charge in [0.1, 0.15) is 0 Å². The van der Waals surface area contributed by atoms with Gasteiger partial charge in [0.2, 0.25) is 0 Å². The Balaban J connectivity index is 2.66. The molecule has 0 aliphatic rings. The molecule has 0 aliphatic carbocycles. The van der Waals surface area contributed by atoms with Crippen LogP contribution in [0.4, 0.5) is 8.78 Å². The van der Waals surface area contributed by atoms with Crippen LogP contribution < -0.4 is 15.8 Å². The molecule has 0 spiro atoms. The highest BCUT2D eigenvalue weighted by atomic mass is 19.1. The summed E-state index contributed by atoms with van der Waals surface area (Å²) in [6, 6.07) is 2.32. The fourth-order valence-corrected chi connectivity index (χ4v) is 1.62. The van der Waals surface area contributed by atoms with Gasteiger partial charge >= 0.3 is 0 Å². The molecule has 0 aliphatic heterocycles. The number of rotatable bonds is 7. The lowest BCUT2D eigenvalue weighted by Gasteiger charge is -2.13. The van der Waals surface area contributed by atoms with Gasteiger partial charge in [-0.3, -0.25) is 4.79 Å². The van der Waals surface area contributed by atoms with E-state index in [1.165, 1.54) is 0 Å². The van der Waals surface area contributed by atoms with Crippen molar-refractivity contribution in [1.82, 2.24) is 5.32 Å². The molecule has 1 amide bonds. The van der Waals surface area contributed by atoms with Crippen LogP contribution >= 0.6 is 0 Å². The molecule has 0 aromatic heterocycles. The molecule has 0 heterocycles. The van der Waals surface area contributed by atoms with Gasteiger partial charge in [-0.05, 0) is 44.0 Å². The summed E-state index contributed by atoms with van der Waals surface area (Å²) in [7, 11) is 0. The molecular formula is C14H20F2N2O2. The van der Waals surface area contributed by atoms with Crippen molar-refractivity contribution in [1.29, 1.82) is 0 Å². The quantitative estimate of drug-likeness (QED) is 0.802. The lowest BCUT2D eigenvalue weighted by molar-refractivity contribution is -0.123. The normalized spacial score (nSPS) is 12.1. The third-order valence-electron chi connectivity index (χ3n) is 2.86. The highest BCUT2D eigenvalue weighted by Crippen LogP contribution is 2.23. The second-order valence-corrected chi connectivity index (χ2v) is 4.59. The Morgan fingerprint density at radius 3 is 2.50 bits per heavy atom. The van der Waals surface area contributed by atoms with Gasteiger partial charge in [-0.25, -0.2) is 8.78 Å². The summed E-state index contributed by atoms with van der Waals surface area (Å²) in [5, 5.41) is 2.65. The number of ether oxygens (including phenoxy) is 1. The number of halogens is 2. The number of hydrogen-bond acceptors (Lipinski definition) is 3. The molecule has 0 saturated carbocycles. The van der Waals surface area contributed by atoms with Crippen LogP contribution in [0.2, 0.25) is 0 Å². The molecule has 1 rings (SSSR count). The number of carbonyl (C=O) groups excluding carboxylic acids is 1. The third kappa shape index (κ3) is 4.77. The second-order valence-electron chi connectivity index (χ2n) is 4.59. The fraction of sp³-hybridized carbons (Fsp3) is 0.500. The minimum absolute atomic E-state index is 0.00674. The highest BCUT2D eigenvalue weighted by Gasteiger charge is 2.14. The van der Waals surface area contributed by atoms with Crippen molar-refractivity contribution < 1.29 is 18.3 Å². The van der Waals surface area contributed by atoms with Crippen LogP contribution in [0, 0.1) is 11.6 Å². The molecule has 0 fully saturated rings. The predicted octanol–water partition coefficient (Wildman–Crippen LogP) is 1.76. The van der Waals surface area contributed by atoms with E-state index in [0.717, 1.165) is 18.6 Å². The minimum atomic E-state index is -0.829. The van der Waals surface area contributed by atoms with E-state index in [0.29, 0.717) is 18.5 Å². The number of benzene rings is 1. The van der Waals surface area contributed by atoms with Gasteiger partial charge in [-0.1, -0.05) is 6.92 Å². The maximum absolute atomic E-state index is 13.7. The Morgan fingerprint density at radius 1 is 1.40 bits per heavy atom. The Labute approximate surface area is 117 Å². The molecule has 20 heavy (non-hydrogen) atoms. The van der Waals surface area contributed by atoms with E-state index in [-0.39, 0.29) is 6.04 Å². The molecule has 3 N–H and O–H groups in total. The first-order valence-electron chi connectivity index (χ1n) is 6.58. The van der Waals surface area contributed by atoms with E-state index >= 15 is 0 Å². The predicted molar refractivity (Wildman–Crippen MR) is 72.5 cm³/mol. The molecule has 0 saturated heterocycles. The first-order chi connectivity index (χ1) is 9.47. The molecule has 1 aromatic rings. The van der Waals surface area contributed by atoms with Gasteiger partial charge in [-0.15, -0.1) is 0 Å². The Kier molecular flexibility index (Phi) is 6.38. The smallest absolute Gasteiger partial charge is 0.258 e. The second kappa shape index (κ2) is 7.79. The lowest BCUT2D eigenvalue weighted by atomic mass is 10.1. The number of hydrogen-bond donors (Lipinski definition) is 2. The maximum atomic E-state index is 13.7. The van der Waals surface area contributed by atoms with Crippen LogP contribution in [0.5, 0.6) is 5.75 Å². The summed E-state index contributed by atoms with van der Waals surface area (Å²) in [6.45, 7) is 3.63. The average Bonchev–Trinajstić information content (AvgIpc) is 2.37. The topological polar surface area (TPSA) is 64.3 Å². The number of carbonyl (C=O) groups is 1. The van der Waals surface area contributed by atoms with E-state index in [1.807, 2.05) is 13.8 Å². The van der Waals surface area contributed by atoms with E-state index in [2.05, 4.69) is 5.32 Å². The van der Waals surface area contributed by atoms with Crippen molar-refractivity contribution in [3.63, 3.8) is 0 Å². The first kappa shape index (κ1) is 16.4. The zero-order valence-electron chi connectivity index (χ0n) is 11.7. The van der Waals surface area contributed by atoms with Crippen molar-refractivity contribution in [2.45, 2.75) is 32.7 Å². The lowest BCUT2D eigenvalue weighted by Crippen LogP contribution is -2.35. The van der Waals surface area contributed by atoms with Gasteiger partial charge in [-0.2, -0.15) is 0 Å². The van der Waals surface area contributed by atoms with Crippen LogP contribution in [0.25, 0.3) is 0 Å². The Morgan fingerprint density at radius 2 is 2.00 bits per heavy atom. The van der Waals surface area contributed by atoms with E-state index in [9.17, 15) is 13.6 Å². The monoisotopic (exact) mass is 286 g/mol. The highest BCUT2D eigenvalue weighted by molar-refractivity contribution is 5.77. The van der Waals surface area contributed by atoms with Gasteiger partial charge in [0.25, 0.3) is 5.91 Å². The average molecular weight is 286 g/mol. The molecule has 4 nitrogen and oxygen atoms in total. The molecule has 0 radical (unpaired) electrons. The van der Waals surface area contributed by atoms with Crippen LogP contribution in [-0.2, 0) is 11.2 Å². The first-order valence-corrected chi connectivity index (χ1v) is 6.58. The van der Waals surface area contributed by atoms with Crippen LogP contribution in [0.1, 0.15) is 25.8 Å². The summed E-state index contributed by atoms with van der Waals surface area (Å²) in [6.07, 6.45) is 1.14. The number of amides is 1. The van der Waals surface area contributed by atoms with Gasteiger partial charge in [0.05, 0.1) is 0 Å². The zero-order valence-corrected chi connectivity index (χ0v) is 11.7. The summed E-state index contributed by atoms with van der Waals surface area (Å²) < 4.78 is 32.3. The van der Waals surface area contributed by atoms with Crippen molar-refractivity contribution in [2.24, 2.45) is 5.73 Å². The number of nitrogens with one attached hydrogen (secondary N) is 1. The van der Waals surface area contributed by atoms with Crippen molar-refractivity contribution in [3.8, 4) is 5.75 Å².